The molecule has 3 heterocycles. The molecule has 8 heteroatoms. The number of nitrogens with two attached hydrogens (primary N) is 1. The van der Waals surface area contributed by atoms with Gasteiger partial charge in [-0.3, -0.25) is 4.79 Å². The predicted molar refractivity (Wildman–Crippen MR) is 129 cm³/mol. The number of hydrogen-bond donors (Lipinski definition) is 2. The molecule has 0 aliphatic carbocycles. The Hall–Kier alpha value is -3.39. The van der Waals surface area contributed by atoms with Gasteiger partial charge in [0, 0.05) is 36.0 Å². The Bertz CT molecular complexity index is 1190. The largest absolute Gasteiger partial charge is 0.389 e. The zero-order chi connectivity index (χ0) is 24.5. The van der Waals surface area contributed by atoms with Crippen LogP contribution in [0.25, 0.3) is 22.4 Å². The van der Waals surface area contributed by atoms with Crippen molar-refractivity contribution in [2.45, 2.75) is 45.6 Å². The fourth-order valence-corrected chi connectivity index (χ4v) is 4.45. The van der Waals surface area contributed by atoms with Crippen LogP contribution in [-0.2, 0) is 6.42 Å². The molecular formula is C26H30FN5O2. The minimum absolute atomic E-state index is 0.0132. The Kier molecular flexibility index (Phi) is 6.61. The molecule has 3 aromatic rings. The molecule has 3 N–H and O–H groups in total. The van der Waals surface area contributed by atoms with E-state index in [1.54, 1.807) is 23.2 Å². The molecular weight excluding hydrogens is 433 g/mol. The standard InChI is InChI=1S/C26H30FN5O2/c1-4-21-23(18-6-8-22(28)29-14-18)24(31-15-30-21)17-5-7-19(20(27)13-17)25(33)32-11-9-26(34,10-12-32)16(2)3/h5-8,13-16,34H,4,9-12H2,1-3H3,(H2,28,29). The quantitative estimate of drug-likeness (QED) is 0.590. The Morgan fingerprint density at radius 1 is 1.15 bits per heavy atom. The van der Waals surface area contributed by atoms with Crippen LogP contribution in [0.15, 0.2) is 42.9 Å². The Labute approximate surface area is 198 Å². The average Bonchev–Trinajstić information content (AvgIpc) is 2.84. The summed E-state index contributed by atoms with van der Waals surface area (Å²) in [5.41, 5.74) is 8.44. The van der Waals surface area contributed by atoms with E-state index < -0.39 is 11.4 Å². The molecule has 4 rings (SSSR count). The molecule has 0 unspecified atom stereocenters. The van der Waals surface area contributed by atoms with Crippen LogP contribution in [0, 0.1) is 11.7 Å². The topological polar surface area (TPSA) is 105 Å². The number of rotatable bonds is 5. The van der Waals surface area contributed by atoms with Gasteiger partial charge in [0.1, 0.15) is 18.0 Å². The Balaban J connectivity index is 1.65. The van der Waals surface area contributed by atoms with Crippen LogP contribution in [0.1, 0.15) is 49.7 Å². The third-order valence-corrected chi connectivity index (χ3v) is 6.80. The average molecular weight is 464 g/mol. The number of carbonyl (C=O) groups excluding carboxylic acids is 1. The summed E-state index contributed by atoms with van der Waals surface area (Å²) in [6.45, 7) is 6.73. The van der Waals surface area contributed by atoms with Gasteiger partial charge in [0.25, 0.3) is 5.91 Å². The minimum Gasteiger partial charge on any atom is -0.389 e. The number of halogens is 1. The number of anilines is 1. The van der Waals surface area contributed by atoms with Crippen molar-refractivity contribution in [1.82, 2.24) is 19.9 Å². The van der Waals surface area contributed by atoms with Gasteiger partial charge in [0.05, 0.1) is 22.6 Å². The molecule has 1 saturated heterocycles. The number of aromatic nitrogens is 3. The van der Waals surface area contributed by atoms with Crippen LogP contribution < -0.4 is 5.73 Å². The van der Waals surface area contributed by atoms with Crippen LogP contribution in [-0.4, -0.2) is 49.6 Å². The number of amides is 1. The highest BCUT2D eigenvalue weighted by atomic mass is 19.1. The molecule has 1 fully saturated rings. The monoisotopic (exact) mass is 463 g/mol. The van der Waals surface area contributed by atoms with Crippen molar-refractivity contribution in [3.63, 3.8) is 0 Å². The summed E-state index contributed by atoms with van der Waals surface area (Å²) in [4.78, 5) is 27.6. The van der Waals surface area contributed by atoms with Gasteiger partial charge in [-0.1, -0.05) is 26.8 Å². The fraction of sp³-hybridized carbons (Fsp3) is 0.385. The summed E-state index contributed by atoms with van der Waals surface area (Å²) in [5, 5.41) is 10.7. The second-order valence-electron chi connectivity index (χ2n) is 9.11. The van der Waals surface area contributed by atoms with E-state index in [0.29, 0.717) is 49.4 Å². The lowest BCUT2D eigenvalue weighted by molar-refractivity contribution is -0.0512. The van der Waals surface area contributed by atoms with Gasteiger partial charge in [0.2, 0.25) is 0 Å². The third-order valence-electron chi connectivity index (χ3n) is 6.80. The van der Waals surface area contributed by atoms with Gasteiger partial charge >= 0.3 is 0 Å². The second-order valence-corrected chi connectivity index (χ2v) is 9.11. The number of hydrogen-bond acceptors (Lipinski definition) is 6. The molecule has 0 radical (unpaired) electrons. The lowest BCUT2D eigenvalue weighted by atomic mass is 9.81. The highest BCUT2D eigenvalue weighted by molar-refractivity contribution is 5.95. The first-order valence-electron chi connectivity index (χ1n) is 11.6. The van der Waals surface area contributed by atoms with Gasteiger partial charge in [-0.2, -0.15) is 0 Å². The molecule has 1 aromatic carbocycles. The molecule has 34 heavy (non-hydrogen) atoms. The maximum atomic E-state index is 15.2. The van der Waals surface area contributed by atoms with Crippen LogP contribution in [0.2, 0.25) is 0 Å². The molecule has 0 bridgehead atoms. The van der Waals surface area contributed by atoms with Crippen molar-refractivity contribution >= 4 is 11.7 Å². The lowest BCUT2D eigenvalue weighted by Crippen LogP contribution is -2.49. The summed E-state index contributed by atoms with van der Waals surface area (Å²) in [6, 6.07) is 8.10. The van der Waals surface area contributed by atoms with Crippen molar-refractivity contribution in [3.8, 4) is 22.4 Å². The van der Waals surface area contributed by atoms with E-state index in [9.17, 15) is 9.90 Å². The van der Waals surface area contributed by atoms with E-state index in [1.807, 2.05) is 26.8 Å². The van der Waals surface area contributed by atoms with Crippen molar-refractivity contribution in [3.05, 3.63) is 59.9 Å². The summed E-state index contributed by atoms with van der Waals surface area (Å²) in [5.74, 6) is -0.467. The van der Waals surface area contributed by atoms with E-state index in [1.165, 1.54) is 18.5 Å². The first kappa shape index (κ1) is 23.8. The van der Waals surface area contributed by atoms with Gasteiger partial charge < -0.3 is 15.7 Å². The summed E-state index contributed by atoms with van der Waals surface area (Å²) >= 11 is 0. The van der Waals surface area contributed by atoms with Gasteiger partial charge in [-0.25, -0.2) is 19.3 Å². The Morgan fingerprint density at radius 3 is 2.44 bits per heavy atom. The number of aryl methyl sites for hydroxylation is 1. The molecule has 0 spiro atoms. The molecule has 2 aromatic heterocycles. The van der Waals surface area contributed by atoms with Crippen molar-refractivity contribution in [2.75, 3.05) is 18.8 Å². The van der Waals surface area contributed by atoms with Crippen molar-refractivity contribution in [2.24, 2.45) is 5.92 Å². The number of aliphatic hydroxyl groups is 1. The zero-order valence-corrected chi connectivity index (χ0v) is 19.8. The van der Waals surface area contributed by atoms with Crippen LogP contribution in [0.4, 0.5) is 10.2 Å². The van der Waals surface area contributed by atoms with Crippen molar-refractivity contribution < 1.29 is 14.3 Å². The number of pyridine rings is 1. The number of likely N-dealkylation sites (tertiary alicyclic amines) is 1. The fourth-order valence-electron chi connectivity index (χ4n) is 4.45. The van der Waals surface area contributed by atoms with E-state index in [0.717, 1.165) is 16.8 Å². The number of nitrogens with zero attached hydrogens (tertiary/aromatic N) is 4. The molecule has 178 valence electrons. The van der Waals surface area contributed by atoms with Gasteiger partial charge in [-0.15, -0.1) is 0 Å². The second kappa shape index (κ2) is 9.46. The highest BCUT2D eigenvalue weighted by Crippen LogP contribution is 2.34. The maximum Gasteiger partial charge on any atom is 0.256 e. The molecule has 7 nitrogen and oxygen atoms in total. The predicted octanol–water partition coefficient (Wildman–Crippen LogP) is 4.11. The first-order chi connectivity index (χ1) is 16.2. The zero-order valence-electron chi connectivity index (χ0n) is 19.8. The van der Waals surface area contributed by atoms with E-state index in [-0.39, 0.29) is 17.4 Å². The first-order valence-corrected chi connectivity index (χ1v) is 11.6. The molecule has 1 aliphatic rings. The SMILES string of the molecule is CCc1ncnc(-c2ccc(C(=O)N3CCC(O)(C(C)C)CC3)c(F)c2)c1-c1ccc(N)nc1. The summed E-state index contributed by atoms with van der Waals surface area (Å²) in [6.07, 6.45) is 4.74. The van der Waals surface area contributed by atoms with Gasteiger partial charge in [-0.05, 0) is 49.4 Å². The number of benzene rings is 1. The Morgan fingerprint density at radius 2 is 1.85 bits per heavy atom. The number of piperidine rings is 1. The van der Waals surface area contributed by atoms with Crippen LogP contribution >= 0.6 is 0 Å². The van der Waals surface area contributed by atoms with E-state index >= 15 is 4.39 Å². The van der Waals surface area contributed by atoms with E-state index in [4.69, 9.17) is 5.73 Å². The number of nitrogen functional groups attached to an aromatic ring is 1. The smallest absolute Gasteiger partial charge is 0.256 e. The molecule has 0 atom stereocenters. The van der Waals surface area contributed by atoms with E-state index in [2.05, 4.69) is 15.0 Å². The van der Waals surface area contributed by atoms with Crippen LogP contribution in [0.5, 0.6) is 0 Å². The lowest BCUT2D eigenvalue weighted by Gasteiger charge is -2.40. The minimum atomic E-state index is -0.781. The molecule has 0 saturated carbocycles. The highest BCUT2D eigenvalue weighted by Gasteiger charge is 2.37. The van der Waals surface area contributed by atoms with Crippen molar-refractivity contribution in [1.29, 1.82) is 0 Å². The normalized spacial score (nSPS) is 15.5. The number of carbonyl (C=O) groups is 1. The molecule has 1 aliphatic heterocycles. The summed E-state index contributed by atoms with van der Waals surface area (Å²) in [7, 11) is 0. The third kappa shape index (κ3) is 4.50. The van der Waals surface area contributed by atoms with Crippen LogP contribution in [0.3, 0.4) is 0 Å². The maximum absolute atomic E-state index is 15.2. The van der Waals surface area contributed by atoms with Gasteiger partial charge in [0.15, 0.2) is 0 Å². The summed E-state index contributed by atoms with van der Waals surface area (Å²) < 4.78 is 15.2. The molecule has 1 amide bonds.